The highest BCUT2D eigenvalue weighted by atomic mass is 16.5. The van der Waals surface area contributed by atoms with Gasteiger partial charge in [-0.1, -0.05) is 42.9 Å². The molecule has 0 radical (unpaired) electrons. The maximum atomic E-state index is 4.66. The van der Waals surface area contributed by atoms with Crippen LogP contribution in [0, 0.1) is 5.92 Å². The Balaban J connectivity index is 0.000000288. The smallest absolute Gasteiger partial charge is 0.0696 e. The van der Waals surface area contributed by atoms with Gasteiger partial charge in [-0.3, -0.25) is 0 Å². The Morgan fingerprint density at radius 3 is 2.27 bits per heavy atom. The molecule has 1 unspecified atom stereocenters. The van der Waals surface area contributed by atoms with Gasteiger partial charge in [-0.2, -0.15) is 0 Å². The van der Waals surface area contributed by atoms with Gasteiger partial charge in [0.15, 0.2) is 0 Å². The molecule has 86 valence electrons. The predicted molar refractivity (Wildman–Crippen MR) is 65.0 cm³/mol. The Morgan fingerprint density at radius 2 is 1.73 bits per heavy atom. The Kier molecular flexibility index (Phi) is 9.13. The lowest BCUT2D eigenvalue weighted by molar-refractivity contribution is 0.103. The van der Waals surface area contributed by atoms with Crippen LogP contribution in [0.2, 0.25) is 0 Å². The summed E-state index contributed by atoms with van der Waals surface area (Å²) in [5.74, 6) is 0.596. The first kappa shape index (κ1) is 14.1. The highest BCUT2D eigenvalue weighted by Crippen LogP contribution is 2.07. The van der Waals surface area contributed by atoms with Gasteiger partial charge in [-0.15, -0.1) is 0 Å². The van der Waals surface area contributed by atoms with Crippen LogP contribution in [-0.4, -0.2) is 27.4 Å². The summed E-state index contributed by atoms with van der Waals surface area (Å²) in [5, 5.41) is 0. The monoisotopic (exact) mass is 210 g/mol. The van der Waals surface area contributed by atoms with E-state index in [0.29, 0.717) is 19.1 Å². The van der Waals surface area contributed by atoms with Crippen LogP contribution in [0.4, 0.5) is 0 Å². The van der Waals surface area contributed by atoms with E-state index in [1.54, 1.807) is 14.2 Å². The van der Waals surface area contributed by atoms with E-state index in [9.17, 15) is 0 Å². The van der Waals surface area contributed by atoms with Crippen molar-refractivity contribution in [2.75, 3.05) is 27.4 Å². The third kappa shape index (κ3) is 9.44. The molecule has 2 heteroatoms. The average molecular weight is 210 g/mol. The minimum absolute atomic E-state index is 0.596. The normalized spacial score (nSPS) is 18.9. The van der Waals surface area contributed by atoms with Crippen LogP contribution >= 0.6 is 0 Å². The fraction of sp³-hybridized carbons (Fsp3) is 0.538. The first-order valence-electron chi connectivity index (χ1n) is 5.22. The SMILES string of the molecule is CC1=CC=CC(C)C=C1.COCCOC. The van der Waals surface area contributed by atoms with Gasteiger partial charge in [-0.25, -0.2) is 0 Å². The van der Waals surface area contributed by atoms with Crippen molar-refractivity contribution in [3.63, 3.8) is 0 Å². The van der Waals surface area contributed by atoms with Gasteiger partial charge >= 0.3 is 0 Å². The van der Waals surface area contributed by atoms with E-state index in [1.165, 1.54) is 5.57 Å². The van der Waals surface area contributed by atoms with Crippen molar-refractivity contribution in [2.24, 2.45) is 5.92 Å². The van der Waals surface area contributed by atoms with E-state index in [2.05, 4.69) is 53.7 Å². The summed E-state index contributed by atoms with van der Waals surface area (Å²) in [4.78, 5) is 0. The van der Waals surface area contributed by atoms with E-state index in [1.807, 2.05) is 0 Å². The highest BCUT2D eigenvalue weighted by molar-refractivity contribution is 5.26. The molecule has 1 rings (SSSR count). The van der Waals surface area contributed by atoms with Gasteiger partial charge < -0.3 is 9.47 Å². The Labute approximate surface area is 93.3 Å². The first-order chi connectivity index (χ1) is 7.20. The van der Waals surface area contributed by atoms with Crippen LogP contribution in [0.15, 0.2) is 36.0 Å². The Bertz CT molecular complexity index is 223. The number of ether oxygens (including phenoxy) is 2. The molecule has 0 N–H and O–H groups in total. The minimum Gasteiger partial charge on any atom is -0.382 e. The van der Waals surface area contributed by atoms with Crippen molar-refractivity contribution >= 4 is 0 Å². The summed E-state index contributed by atoms with van der Waals surface area (Å²) in [7, 11) is 3.30. The lowest BCUT2D eigenvalue weighted by atomic mass is 10.1. The number of rotatable bonds is 3. The summed E-state index contributed by atoms with van der Waals surface area (Å²) >= 11 is 0. The largest absolute Gasteiger partial charge is 0.382 e. The molecule has 0 aromatic carbocycles. The van der Waals surface area contributed by atoms with Crippen molar-refractivity contribution in [1.82, 2.24) is 0 Å². The molecule has 1 aliphatic carbocycles. The highest BCUT2D eigenvalue weighted by Gasteiger charge is 1.91. The molecular weight excluding hydrogens is 188 g/mol. The van der Waals surface area contributed by atoms with Gasteiger partial charge in [0.1, 0.15) is 0 Å². The van der Waals surface area contributed by atoms with Crippen molar-refractivity contribution in [2.45, 2.75) is 13.8 Å². The van der Waals surface area contributed by atoms with Crippen LogP contribution in [0.25, 0.3) is 0 Å². The lowest BCUT2D eigenvalue weighted by Gasteiger charge is -1.91. The second kappa shape index (κ2) is 9.69. The van der Waals surface area contributed by atoms with E-state index in [-0.39, 0.29) is 0 Å². The fourth-order valence-corrected chi connectivity index (χ4v) is 0.973. The molecule has 0 aliphatic heterocycles. The van der Waals surface area contributed by atoms with Crippen molar-refractivity contribution in [3.8, 4) is 0 Å². The second-order valence-corrected chi connectivity index (χ2v) is 3.50. The molecule has 0 spiro atoms. The van der Waals surface area contributed by atoms with E-state index in [0.717, 1.165) is 0 Å². The van der Waals surface area contributed by atoms with Gasteiger partial charge in [0.2, 0.25) is 0 Å². The molecule has 0 heterocycles. The molecule has 15 heavy (non-hydrogen) atoms. The zero-order valence-corrected chi connectivity index (χ0v) is 10.2. The van der Waals surface area contributed by atoms with Crippen molar-refractivity contribution in [3.05, 3.63) is 36.0 Å². The fourth-order valence-electron chi connectivity index (χ4n) is 0.973. The predicted octanol–water partition coefficient (Wildman–Crippen LogP) is 2.97. The molecule has 0 saturated heterocycles. The second-order valence-electron chi connectivity index (χ2n) is 3.50. The summed E-state index contributed by atoms with van der Waals surface area (Å²) in [6, 6.07) is 0. The number of hydrogen-bond acceptors (Lipinski definition) is 2. The third-order valence-electron chi connectivity index (χ3n) is 1.93. The molecule has 2 nitrogen and oxygen atoms in total. The summed E-state index contributed by atoms with van der Waals surface area (Å²) < 4.78 is 9.31. The Hall–Kier alpha value is -0.860. The zero-order valence-electron chi connectivity index (χ0n) is 10.2. The average Bonchev–Trinajstić information content (AvgIpc) is 2.41. The van der Waals surface area contributed by atoms with E-state index >= 15 is 0 Å². The van der Waals surface area contributed by atoms with Crippen LogP contribution < -0.4 is 0 Å². The van der Waals surface area contributed by atoms with Crippen molar-refractivity contribution < 1.29 is 9.47 Å². The summed E-state index contributed by atoms with van der Waals surface area (Å²) in [6.45, 7) is 5.67. The minimum atomic E-state index is 0.596. The quantitative estimate of drug-likeness (QED) is 0.667. The molecule has 1 aliphatic rings. The zero-order chi connectivity index (χ0) is 11.5. The van der Waals surface area contributed by atoms with Crippen molar-refractivity contribution in [1.29, 1.82) is 0 Å². The maximum absolute atomic E-state index is 4.66. The van der Waals surface area contributed by atoms with Crippen LogP contribution in [0.5, 0.6) is 0 Å². The molecule has 1 atom stereocenters. The molecule has 0 fully saturated rings. The molecular formula is C13H22O2. The molecule has 0 aromatic rings. The molecule has 0 saturated carbocycles. The van der Waals surface area contributed by atoms with E-state index in [4.69, 9.17) is 0 Å². The van der Waals surface area contributed by atoms with Gasteiger partial charge in [0, 0.05) is 14.2 Å². The summed E-state index contributed by atoms with van der Waals surface area (Å²) in [6.07, 6.45) is 10.8. The molecule has 0 bridgehead atoms. The molecule has 0 amide bonds. The lowest BCUT2D eigenvalue weighted by Crippen LogP contribution is -1.96. The number of methoxy groups -OCH3 is 2. The Morgan fingerprint density at radius 1 is 1.13 bits per heavy atom. The van der Waals surface area contributed by atoms with Gasteiger partial charge in [0.05, 0.1) is 13.2 Å². The number of allylic oxidation sites excluding steroid dienone is 6. The summed E-state index contributed by atoms with van der Waals surface area (Å²) in [5.41, 5.74) is 1.33. The first-order valence-corrected chi connectivity index (χ1v) is 5.22. The maximum Gasteiger partial charge on any atom is 0.0696 e. The van der Waals surface area contributed by atoms with Crippen LogP contribution in [0.1, 0.15) is 13.8 Å². The van der Waals surface area contributed by atoms with Gasteiger partial charge in [0.25, 0.3) is 0 Å². The standard InChI is InChI=1S/C9H12.C4H10O2/c1-8-4-3-5-9(2)7-6-8;1-5-3-4-6-2/h3-8H,1-2H3;3-4H2,1-2H3. The van der Waals surface area contributed by atoms with Crippen LogP contribution in [0.3, 0.4) is 0 Å². The topological polar surface area (TPSA) is 18.5 Å². The number of hydrogen-bond donors (Lipinski definition) is 0. The van der Waals surface area contributed by atoms with E-state index < -0.39 is 0 Å². The molecule has 0 aromatic heterocycles. The third-order valence-corrected chi connectivity index (χ3v) is 1.93. The van der Waals surface area contributed by atoms with Crippen LogP contribution in [-0.2, 0) is 9.47 Å². The van der Waals surface area contributed by atoms with Gasteiger partial charge in [-0.05, 0) is 12.8 Å².